The molecule has 2 nitrogen and oxygen atoms in total. The highest BCUT2D eigenvalue weighted by atomic mass is 32.2. The van der Waals surface area contributed by atoms with E-state index in [9.17, 15) is 0 Å². The Balaban J connectivity index is 2.84. The van der Waals surface area contributed by atoms with Crippen molar-refractivity contribution in [1.82, 2.24) is 0 Å². The minimum Gasteiger partial charge on any atom is -0.497 e. The molecule has 0 spiro atoms. The van der Waals surface area contributed by atoms with E-state index in [1.807, 2.05) is 19.1 Å². The van der Waals surface area contributed by atoms with Gasteiger partial charge in [-0.05, 0) is 30.9 Å². The second kappa shape index (κ2) is 5.27. The molecule has 0 aliphatic heterocycles. The van der Waals surface area contributed by atoms with Gasteiger partial charge in [-0.25, -0.2) is 0 Å². The van der Waals surface area contributed by atoms with E-state index in [-0.39, 0.29) is 6.04 Å². The lowest BCUT2D eigenvalue weighted by molar-refractivity contribution is 0.414. The van der Waals surface area contributed by atoms with Gasteiger partial charge in [0.25, 0.3) is 0 Å². The van der Waals surface area contributed by atoms with Gasteiger partial charge < -0.3 is 10.5 Å². The summed E-state index contributed by atoms with van der Waals surface area (Å²) in [4.78, 5) is 0. The van der Waals surface area contributed by atoms with Crippen LogP contribution in [0.5, 0.6) is 5.75 Å². The summed E-state index contributed by atoms with van der Waals surface area (Å²) in [6.07, 6.45) is 2.08. The van der Waals surface area contributed by atoms with Crippen molar-refractivity contribution in [2.75, 3.05) is 13.4 Å². The van der Waals surface area contributed by atoms with Crippen molar-refractivity contribution in [3.8, 4) is 5.75 Å². The highest BCUT2D eigenvalue weighted by Crippen LogP contribution is 2.29. The Bertz CT molecular complexity index is 271. The van der Waals surface area contributed by atoms with Crippen molar-refractivity contribution in [2.45, 2.75) is 18.2 Å². The first-order valence-corrected chi connectivity index (χ1v) is 5.90. The fourth-order valence-electron chi connectivity index (χ4n) is 1.45. The molecule has 0 saturated carbocycles. The molecule has 2 unspecified atom stereocenters. The average molecular weight is 211 g/mol. The topological polar surface area (TPSA) is 35.2 Å². The second-order valence-electron chi connectivity index (χ2n) is 3.29. The van der Waals surface area contributed by atoms with E-state index < -0.39 is 0 Å². The van der Waals surface area contributed by atoms with Gasteiger partial charge in [0.15, 0.2) is 0 Å². The van der Waals surface area contributed by atoms with Gasteiger partial charge in [-0.3, -0.25) is 0 Å². The molecule has 0 heterocycles. The molecule has 1 rings (SSSR count). The Hall–Kier alpha value is -0.670. The Morgan fingerprint density at radius 1 is 1.29 bits per heavy atom. The van der Waals surface area contributed by atoms with Gasteiger partial charge in [0, 0.05) is 11.3 Å². The lowest BCUT2D eigenvalue weighted by atomic mass is 10.1. The van der Waals surface area contributed by atoms with Crippen LogP contribution < -0.4 is 10.5 Å². The number of hydrogen-bond acceptors (Lipinski definition) is 3. The molecule has 0 bridgehead atoms. The van der Waals surface area contributed by atoms with E-state index in [1.54, 1.807) is 18.9 Å². The molecule has 3 heteroatoms. The highest BCUT2D eigenvalue weighted by molar-refractivity contribution is 7.98. The molecular formula is C11H17NOS. The molecule has 1 aromatic rings. The zero-order valence-corrected chi connectivity index (χ0v) is 9.67. The van der Waals surface area contributed by atoms with Crippen molar-refractivity contribution in [2.24, 2.45) is 5.73 Å². The fraction of sp³-hybridized carbons (Fsp3) is 0.455. The first kappa shape index (κ1) is 11.4. The summed E-state index contributed by atoms with van der Waals surface area (Å²) in [5.41, 5.74) is 7.16. The largest absolute Gasteiger partial charge is 0.497 e. The third-order valence-corrected chi connectivity index (χ3v) is 3.39. The minimum absolute atomic E-state index is 0.165. The minimum atomic E-state index is 0.165. The van der Waals surface area contributed by atoms with Crippen LogP contribution in [0, 0.1) is 0 Å². The second-order valence-corrected chi connectivity index (χ2v) is 4.27. The normalized spacial score (nSPS) is 14.9. The number of ether oxygens (including phenoxy) is 1. The molecule has 0 aliphatic rings. The summed E-state index contributed by atoms with van der Waals surface area (Å²) >= 11 is 1.78. The fourth-order valence-corrected chi connectivity index (χ4v) is 2.31. The third-order valence-electron chi connectivity index (χ3n) is 2.18. The molecule has 1 aromatic carbocycles. The molecule has 0 aliphatic carbocycles. The molecule has 2 atom stereocenters. The van der Waals surface area contributed by atoms with Gasteiger partial charge >= 0.3 is 0 Å². The van der Waals surface area contributed by atoms with Gasteiger partial charge in [0.1, 0.15) is 5.75 Å². The van der Waals surface area contributed by atoms with Crippen LogP contribution in [0.1, 0.15) is 17.7 Å². The van der Waals surface area contributed by atoms with Crippen LogP contribution in [-0.2, 0) is 0 Å². The van der Waals surface area contributed by atoms with Crippen LogP contribution in [0.3, 0.4) is 0 Å². The molecule has 0 saturated heterocycles. The van der Waals surface area contributed by atoms with E-state index in [4.69, 9.17) is 10.5 Å². The summed E-state index contributed by atoms with van der Waals surface area (Å²) in [7, 11) is 1.67. The zero-order chi connectivity index (χ0) is 10.6. The number of nitrogens with two attached hydrogens (primary N) is 1. The van der Waals surface area contributed by atoms with Crippen molar-refractivity contribution >= 4 is 11.8 Å². The van der Waals surface area contributed by atoms with Crippen LogP contribution in [0.15, 0.2) is 24.3 Å². The van der Waals surface area contributed by atoms with Crippen molar-refractivity contribution in [3.63, 3.8) is 0 Å². The molecule has 14 heavy (non-hydrogen) atoms. The molecule has 0 fully saturated rings. The lowest BCUT2D eigenvalue weighted by Gasteiger charge is -2.18. The molecule has 78 valence electrons. The summed E-state index contributed by atoms with van der Waals surface area (Å²) in [6.45, 7) is 2.03. The maximum absolute atomic E-state index is 5.90. The van der Waals surface area contributed by atoms with E-state index in [2.05, 4.69) is 18.4 Å². The Morgan fingerprint density at radius 3 is 2.21 bits per heavy atom. The van der Waals surface area contributed by atoms with Gasteiger partial charge in [-0.2, -0.15) is 11.8 Å². The first-order valence-electron chi connectivity index (χ1n) is 4.61. The summed E-state index contributed by atoms with van der Waals surface area (Å²) < 4.78 is 5.10. The lowest BCUT2D eigenvalue weighted by Crippen LogP contribution is -2.22. The summed E-state index contributed by atoms with van der Waals surface area (Å²) in [5, 5.41) is 0.362. The predicted octanol–water partition coefficient (Wildman–Crippen LogP) is 2.45. The standard InChI is InChI=1S/C11H17NOS/c1-8(12)11(14-3)9-4-6-10(13-2)7-5-9/h4-8,11H,12H2,1-3H3. The number of rotatable bonds is 4. The summed E-state index contributed by atoms with van der Waals surface area (Å²) in [6, 6.07) is 8.26. The van der Waals surface area contributed by atoms with Crippen LogP contribution >= 0.6 is 11.8 Å². The van der Waals surface area contributed by atoms with Crippen LogP contribution in [0.2, 0.25) is 0 Å². The highest BCUT2D eigenvalue weighted by Gasteiger charge is 2.14. The molecule has 0 amide bonds. The molecule has 0 aromatic heterocycles. The van der Waals surface area contributed by atoms with Crippen LogP contribution in [0.4, 0.5) is 0 Å². The third kappa shape index (κ3) is 2.66. The van der Waals surface area contributed by atoms with Crippen molar-refractivity contribution in [1.29, 1.82) is 0 Å². The number of methoxy groups -OCH3 is 1. The van der Waals surface area contributed by atoms with Gasteiger partial charge in [-0.1, -0.05) is 12.1 Å². The van der Waals surface area contributed by atoms with Gasteiger partial charge in [0.2, 0.25) is 0 Å². The van der Waals surface area contributed by atoms with E-state index in [1.165, 1.54) is 5.56 Å². The molecule has 2 N–H and O–H groups in total. The number of benzene rings is 1. The summed E-state index contributed by atoms with van der Waals surface area (Å²) in [5.74, 6) is 0.887. The Labute approximate surface area is 89.8 Å². The van der Waals surface area contributed by atoms with Crippen LogP contribution in [-0.4, -0.2) is 19.4 Å². The zero-order valence-electron chi connectivity index (χ0n) is 8.86. The first-order chi connectivity index (χ1) is 6.69. The quantitative estimate of drug-likeness (QED) is 0.831. The Kier molecular flexibility index (Phi) is 4.29. The van der Waals surface area contributed by atoms with Gasteiger partial charge in [0.05, 0.1) is 7.11 Å². The monoisotopic (exact) mass is 211 g/mol. The average Bonchev–Trinajstić information content (AvgIpc) is 2.19. The van der Waals surface area contributed by atoms with E-state index >= 15 is 0 Å². The van der Waals surface area contributed by atoms with E-state index in [0.717, 1.165) is 5.75 Å². The SMILES string of the molecule is COc1ccc(C(SC)C(C)N)cc1. The van der Waals surface area contributed by atoms with Crippen molar-refractivity contribution < 1.29 is 4.74 Å². The Morgan fingerprint density at radius 2 is 1.86 bits per heavy atom. The smallest absolute Gasteiger partial charge is 0.118 e. The predicted molar refractivity (Wildman–Crippen MR) is 62.9 cm³/mol. The maximum atomic E-state index is 5.90. The van der Waals surface area contributed by atoms with Crippen LogP contribution in [0.25, 0.3) is 0 Å². The molecular weight excluding hydrogens is 194 g/mol. The number of hydrogen-bond donors (Lipinski definition) is 1. The van der Waals surface area contributed by atoms with E-state index in [0.29, 0.717) is 5.25 Å². The van der Waals surface area contributed by atoms with Gasteiger partial charge in [-0.15, -0.1) is 0 Å². The number of thioether (sulfide) groups is 1. The molecule has 0 radical (unpaired) electrons. The van der Waals surface area contributed by atoms with Crippen molar-refractivity contribution in [3.05, 3.63) is 29.8 Å². The maximum Gasteiger partial charge on any atom is 0.118 e.